The quantitative estimate of drug-likeness (QED) is 0.760. The van der Waals surface area contributed by atoms with Gasteiger partial charge in [-0.15, -0.1) is 0 Å². The van der Waals surface area contributed by atoms with Crippen LogP contribution in [-0.2, 0) is 0 Å². The molecule has 0 radical (unpaired) electrons. The Labute approximate surface area is 114 Å². The lowest BCUT2D eigenvalue weighted by molar-refractivity contribution is 0.615. The third kappa shape index (κ3) is 2.20. The normalized spacial score (nSPS) is 14.8. The highest BCUT2D eigenvalue weighted by Gasteiger charge is 2.23. The van der Waals surface area contributed by atoms with Crippen LogP contribution in [0, 0.1) is 5.82 Å². The average Bonchev–Trinajstić information content (AvgIpc) is 3.20. The van der Waals surface area contributed by atoms with Crippen molar-refractivity contribution in [1.82, 2.24) is 9.97 Å². The molecular formula is C13H9Cl2FN2. The van der Waals surface area contributed by atoms with Gasteiger partial charge in [0.25, 0.3) is 0 Å². The zero-order valence-corrected chi connectivity index (χ0v) is 10.8. The van der Waals surface area contributed by atoms with Gasteiger partial charge in [-0.2, -0.15) is 0 Å². The minimum Gasteiger partial charge on any atom is -0.213 e. The minimum atomic E-state index is -0.777. The van der Waals surface area contributed by atoms with E-state index in [4.69, 9.17) is 23.2 Å². The second kappa shape index (κ2) is 4.48. The van der Waals surface area contributed by atoms with Gasteiger partial charge in [0.15, 0.2) is 21.9 Å². The van der Waals surface area contributed by atoms with Crippen LogP contribution in [0.3, 0.4) is 0 Å². The molecule has 92 valence electrons. The van der Waals surface area contributed by atoms with Gasteiger partial charge in [0.2, 0.25) is 0 Å². The first-order chi connectivity index (χ1) is 8.65. The molecule has 1 aromatic carbocycles. The van der Waals surface area contributed by atoms with Gasteiger partial charge < -0.3 is 0 Å². The van der Waals surface area contributed by atoms with Crippen molar-refractivity contribution in [2.75, 3.05) is 0 Å². The molecule has 0 aliphatic heterocycles. The third-order valence-electron chi connectivity index (χ3n) is 2.96. The number of halogens is 3. The molecule has 3 rings (SSSR count). The first-order valence-corrected chi connectivity index (χ1v) is 6.39. The predicted molar refractivity (Wildman–Crippen MR) is 69.4 cm³/mol. The Morgan fingerprint density at radius 3 is 2.39 bits per heavy atom. The van der Waals surface area contributed by atoms with E-state index < -0.39 is 5.82 Å². The number of hydrogen-bond acceptors (Lipinski definition) is 2. The summed E-state index contributed by atoms with van der Waals surface area (Å²) in [5, 5.41) is -0.497. The summed E-state index contributed by atoms with van der Waals surface area (Å²) in [4.78, 5) is 7.84. The number of aromatic nitrogens is 2. The van der Waals surface area contributed by atoms with Gasteiger partial charge in [-0.3, -0.25) is 0 Å². The molecule has 18 heavy (non-hydrogen) atoms. The highest BCUT2D eigenvalue weighted by Crippen LogP contribution is 2.41. The SMILES string of the molecule is Fc1c(Cl)nc(-c2cccc(C3CC3)c2)nc1Cl. The van der Waals surface area contributed by atoms with Crippen molar-refractivity contribution in [1.29, 1.82) is 0 Å². The molecule has 0 amide bonds. The zero-order chi connectivity index (χ0) is 12.7. The van der Waals surface area contributed by atoms with Crippen LogP contribution in [0.5, 0.6) is 0 Å². The lowest BCUT2D eigenvalue weighted by Gasteiger charge is -2.05. The number of hydrogen-bond donors (Lipinski definition) is 0. The molecular weight excluding hydrogens is 274 g/mol. The van der Waals surface area contributed by atoms with Crippen LogP contribution in [0.1, 0.15) is 24.3 Å². The molecule has 0 saturated heterocycles. The van der Waals surface area contributed by atoms with E-state index in [-0.39, 0.29) is 10.3 Å². The van der Waals surface area contributed by atoms with Crippen molar-refractivity contribution in [3.63, 3.8) is 0 Å². The van der Waals surface area contributed by atoms with E-state index in [2.05, 4.69) is 16.0 Å². The Kier molecular flexibility index (Phi) is 2.96. The molecule has 1 fully saturated rings. The fourth-order valence-electron chi connectivity index (χ4n) is 1.87. The van der Waals surface area contributed by atoms with Gasteiger partial charge in [0, 0.05) is 5.56 Å². The lowest BCUT2D eigenvalue weighted by atomic mass is 10.1. The molecule has 2 nitrogen and oxygen atoms in total. The molecule has 1 heterocycles. The van der Waals surface area contributed by atoms with Crippen LogP contribution in [0.2, 0.25) is 10.3 Å². The smallest absolute Gasteiger partial charge is 0.197 e. The van der Waals surface area contributed by atoms with Crippen molar-refractivity contribution < 1.29 is 4.39 Å². The summed E-state index contributed by atoms with van der Waals surface area (Å²) in [7, 11) is 0. The van der Waals surface area contributed by atoms with Crippen LogP contribution in [0.4, 0.5) is 4.39 Å². The maximum absolute atomic E-state index is 13.3. The Hall–Kier alpha value is -1.19. The molecule has 0 spiro atoms. The van der Waals surface area contributed by atoms with E-state index in [9.17, 15) is 4.39 Å². The summed E-state index contributed by atoms with van der Waals surface area (Å²) in [6.07, 6.45) is 2.44. The minimum absolute atomic E-state index is 0.248. The van der Waals surface area contributed by atoms with Crippen molar-refractivity contribution >= 4 is 23.2 Å². The topological polar surface area (TPSA) is 25.8 Å². The van der Waals surface area contributed by atoms with Gasteiger partial charge in [0.05, 0.1) is 0 Å². The van der Waals surface area contributed by atoms with Gasteiger partial charge in [-0.25, -0.2) is 14.4 Å². The first-order valence-electron chi connectivity index (χ1n) is 5.64. The summed E-state index contributed by atoms with van der Waals surface area (Å²) in [5.74, 6) is 0.214. The summed E-state index contributed by atoms with van der Waals surface area (Å²) in [6, 6.07) is 7.90. The fraction of sp³-hybridized carbons (Fsp3) is 0.231. The number of benzene rings is 1. The largest absolute Gasteiger partial charge is 0.213 e. The van der Waals surface area contributed by atoms with E-state index in [1.54, 1.807) is 0 Å². The fourth-order valence-corrected chi connectivity index (χ4v) is 2.26. The van der Waals surface area contributed by atoms with Crippen LogP contribution >= 0.6 is 23.2 Å². The summed E-state index contributed by atoms with van der Waals surface area (Å²) >= 11 is 11.3. The van der Waals surface area contributed by atoms with Crippen molar-refractivity contribution in [2.45, 2.75) is 18.8 Å². The molecule has 0 bridgehead atoms. The molecule has 5 heteroatoms. The average molecular weight is 283 g/mol. The Morgan fingerprint density at radius 1 is 1.11 bits per heavy atom. The van der Waals surface area contributed by atoms with Crippen molar-refractivity contribution in [3.8, 4) is 11.4 Å². The van der Waals surface area contributed by atoms with E-state index >= 15 is 0 Å². The zero-order valence-electron chi connectivity index (χ0n) is 9.33. The lowest BCUT2D eigenvalue weighted by Crippen LogP contribution is -1.95. The maximum Gasteiger partial charge on any atom is 0.197 e. The monoisotopic (exact) mass is 282 g/mol. The Balaban J connectivity index is 2.06. The maximum atomic E-state index is 13.3. The van der Waals surface area contributed by atoms with Gasteiger partial charge in [-0.05, 0) is 30.4 Å². The summed E-state index contributed by atoms with van der Waals surface area (Å²) in [5.41, 5.74) is 2.07. The van der Waals surface area contributed by atoms with Crippen LogP contribution in [0.25, 0.3) is 11.4 Å². The first kappa shape index (κ1) is 11.9. The highest BCUT2D eigenvalue weighted by atomic mass is 35.5. The molecule has 1 aliphatic carbocycles. The predicted octanol–water partition coefficient (Wildman–Crippen LogP) is 4.47. The van der Waals surface area contributed by atoms with E-state index in [0.717, 1.165) is 5.56 Å². The Bertz CT molecular complexity index is 589. The van der Waals surface area contributed by atoms with E-state index in [1.807, 2.05) is 18.2 Å². The highest BCUT2D eigenvalue weighted by molar-refractivity contribution is 6.33. The summed E-state index contributed by atoms with van der Waals surface area (Å²) < 4.78 is 13.3. The van der Waals surface area contributed by atoms with E-state index in [0.29, 0.717) is 11.7 Å². The standard InChI is InChI=1S/C13H9Cl2FN2/c14-11-10(16)12(15)18-13(17-11)9-3-1-2-8(6-9)7-4-5-7/h1-3,6-7H,4-5H2. The van der Waals surface area contributed by atoms with Crippen molar-refractivity contribution in [3.05, 3.63) is 46.0 Å². The van der Waals surface area contributed by atoms with Crippen LogP contribution in [-0.4, -0.2) is 9.97 Å². The molecule has 1 aliphatic rings. The molecule has 0 N–H and O–H groups in total. The van der Waals surface area contributed by atoms with Crippen LogP contribution < -0.4 is 0 Å². The second-order valence-corrected chi connectivity index (χ2v) is 5.06. The van der Waals surface area contributed by atoms with Crippen molar-refractivity contribution in [2.24, 2.45) is 0 Å². The molecule has 0 unspecified atom stereocenters. The van der Waals surface area contributed by atoms with E-state index in [1.165, 1.54) is 18.4 Å². The van der Waals surface area contributed by atoms with Gasteiger partial charge in [-0.1, -0.05) is 41.4 Å². The molecule has 0 atom stereocenters. The summed E-state index contributed by atoms with van der Waals surface area (Å²) in [6.45, 7) is 0. The molecule has 1 saturated carbocycles. The van der Waals surface area contributed by atoms with Gasteiger partial charge >= 0.3 is 0 Å². The molecule has 2 aromatic rings. The van der Waals surface area contributed by atoms with Crippen LogP contribution in [0.15, 0.2) is 24.3 Å². The molecule has 1 aromatic heterocycles. The van der Waals surface area contributed by atoms with Gasteiger partial charge in [0.1, 0.15) is 0 Å². The second-order valence-electron chi connectivity index (χ2n) is 4.34. The number of nitrogens with zero attached hydrogens (tertiary/aromatic N) is 2. The number of rotatable bonds is 2. The third-order valence-corrected chi connectivity index (χ3v) is 3.46. The Morgan fingerprint density at radius 2 is 1.78 bits per heavy atom.